The number of rotatable bonds is 3. The molecule has 0 radical (unpaired) electrons. The second kappa shape index (κ2) is 5.99. The molecule has 1 aromatic rings. The molecule has 4 heteroatoms. The van der Waals surface area contributed by atoms with Gasteiger partial charge < -0.3 is 5.73 Å². The van der Waals surface area contributed by atoms with Crippen molar-refractivity contribution in [2.24, 2.45) is 17.1 Å². The Kier molecular flexibility index (Phi) is 4.66. The molecule has 1 saturated carbocycles. The van der Waals surface area contributed by atoms with E-state index in [2.05, 4.69) is 13.8 Å². The Morgan fingerprint density at radius 2 is 1.86 bits per heavy atom. The largest absolute Gasteiger partial charge is 0.416 e. The van der Waals surface area contributed by atoms with Gasteiger partial charge in [0.25, 0.3) is 0 Å². The highest BCUT2D eigenvalue weighted by atomic mass is 19.4. The van der Waals surface area contributed by atoms with Crippen LogP contribution < -0.4 is 5.73 Å². The molecule has 1 aliphatic rings. The van der Waals surface area contributed by atoms with Crippen LogP contribution in [0.5, 0.6) is 0 Å². The van der Waals surface area contributed by atoms with E-state index in [-0.39, 0.29) is 6.04 Å². The highest BCUT2D eigenvalue weighted by Gasteiger charge is 2.32. The Bertz CT molecular complexity index is 469. The van der Waals surface area contributed by atoms with Gasteiger partial charge in [0.2, 0.25) is 0 Å². The molecule has 21 heavy (non-hydrogen) atoms. The first kappa shape index (κ1) is 16.3. The highest BCUT2D eigenvalue weighted by molar-refractivity contribution is 5.26. The first-order valence-corrected chi connectivity index (χ1v) is 7.59. The number of benzene rings is 1. The summed E-state index contributed by atoms with van der Waals surface area (Å²) in [5.41, 5.74) is 6.72. The molecule has 0 aromatic heterocycles. The maximum atomic E-state index is 12.7. The van der Waals surface area contributed by atoms with Crippen molar-refractivity contribution < 1.29 is 13.2 Å². The maximum absolute atomic E-state index is 12.7. The Hall–Kier alpha value is -1.03. The molecule has 1 fully saturated rings. The molecule has 1 nitrogen and oxygen atoms in total. The van der Waals surface area contributed by atoms with Crippen LogP contribution in [-0.4, -0.2) is 6.04 Å². The van der Waals surface area contributed by atoms with Crippen molar-refractivity contribution in [3.05, 3.63) is 35.4 Å². The SMILES string of the molecule is CC1(C)CCC(C(N)Cc2cccc(C(F)(F)F)c2)CC1. The van der Waals surface area contributed by atoms with Crippen molar-refractivity contribution in [3.63, 3.8) is 0 Å². The summed E-state index contributed by atoms with van der Waals surface area (Å²) in [7, 11) is 0. The normalized spacial score (nSPS) is 21.2. The molecule has 1 aromatic carbocycles. The molecule has 118 valence electrons. The minimum Gasteiger partial charge on any atom is -0.327 e. The van der Waals surface area contributed by atoms with Crippen LogP contribution in [0.15, 0.2) is 24.3 Å². The Labute approximate surface area is 124 Å². The number of nitrogens with two attached hydrogens (primary N) is 1. The molecular weight excluding hydrogens is 275 g/mol. The van der Waals surface area contributed by atoms with Crippen LogP contribution in [0.25, 0.3) is 0 Å². The van der Waals surface area contributed by atoms with E-state index >= 15 is 0 Å². The fraction of sp³-hybridized carbons (Fsp3) is 0.647. The zero-order chi connectivity index (χ0) is 15.7. The lowest BCUT2D eigenvalue weighted by Crippen LogP contribution is -2.36. The minimum atomic E-state index is -4.28. The zero-order valence-corrected chi connectivity index (χ0v) is 12.7. The van der Waals surface area contributed by atoms with Crippen molar-refractivity contribution in [2.75, 3.05) is 0 Å². The third kappa shape index (κ3) is 4.47. The summed E-state index contributed by atoms with van der Waals surface area (Å²) >= 11 is 0. The molecule has 0 aliphatic heterocycles. The van der Waals surface area contributed by atoms with Gasteiger partial charge in [-0.05, 0) is 55.1 Å². The number of hydrogen-bond donors (Lipinski definition) is 1. The summed E-state index contributed by atoms with van der Waals surface area (Å²) in [5.74, 6) is 0.424. The molecule has 1 atom stereocenters. The summed E-state index contributed by atoms with van der Waals surface area (Å²) in [5, 5.41) is 0. The lowest BCUT2D eigenvalue weighted by Gasteiger charge is -2.37. The quantitative estimate of drug-likeness (QED) is 0.853. The van der Waals surface area contributed by atoms with Crippen LogP contribution in [0.3, 0.4) is 0 Å². The minimum absolute atomic E-state index is 0.0513. The molecule has 0 heterocycles. The van der Waals surface area contributed by atoms with Crippen molar-refractivity contribution >= 4 is 0 Å². The van der Waals surface area contributed by atoms with Gasteiger partial charge in [0, 0.05) is 6.04 Å². The van der Waals surface area contributed by atoms with E-state index in [4.69, 9.17) is 5.73 Å². The molecule has 1 unspecified atom stereocenters. The monoisotopic (exact) mass is 299 g/mol. The summed E-state index contributed by atoms with van der Waals surface area (Å²) in [4.78, 5) is 0. The Morgan fingerprint density at radius 1 is 1.24 bits per heavy atom. The molecule has 0 saturated heterocycles. The van der Waals surface area contributed by atoms with Crippen molar-refractivity contribution in [2.45, 2.75) is 58.2 Å². The first-order valence-electron chi connectivity index (χ1n) is 7.59. The average Bonchev–Trinajstić information content (AvgIpc) is 2.37. The van der Waals surface area contributed by atoms with Gasteiger partial charge in [-0.25, -0.2) is 0 Å². The summed E-state index contributed by atoms with van der Waals surface area (Å²) < 4.78 is 38.1. The fourth-order valence-corrected chi connectivity index (χ4v) is 3.16. The van der Waals surface area contributed by atoms with Crippen LogP contribution in [-0.2, 0) is 12.6 Å². The Balaban J connectivity index is 1.99. The number of halogens is 3. The van der Waals surface area contributed by atoms with Gasteiger partial charge in [-0.15, -0.1) is 0 Å². The second-order valence-corrected chi connectivity index (χ2v) is 7.07. The maximum Gasteiger partial charge on any atom is 0.416 e. The first-order chi connectivity index (χ1) is 9.67. The van der Waals surface area contributed by atoms with E-state index < -0.39 is 11.7 Å². The number of alkyl halides is 3. The molecule has 0 spiro atoms. The van der Waals surface area contributed by atoms with E-state index in [1.807, 2.05) is 0 Å². The molecule has 0 bridgehead atoms. The van der Waals surface area contributed by atoms with Crippen molar-refractivity contribution in [1.29, 1.82) is 0 Å². The molecule has 2 rings (SSSR count). The van der Waals surface area contributed by atoms with Gasteiger partial charge in [0.1, 0.15) is 0 Å². The van der Waals surface area contributed by atoms with Gasteiger partial charge >= 0.3 is 6.18 Å². The molecule has 2 N–H and O–H groups in total. The van der Waals surface area contributed by atoms with E-state index in [0.717, 1.165) is 31.7 Å². The summed E-state index contributed by atoms with van der Waals surface area (Å²) in [6.45, 7) is 4.53. The predicted octanol–water partition coefficient (Wildman–Crippen LogP) is 4.79. The third-order valence-electron chi connectivity index (χ3n) is 4.72. The van der Waals surface area contributed by atoms with Crippen molar-refractivity contribution in [3.8, 4) is 0 Å². The zero-order valence-electron chi connectivity index (χ0n) is 12.7. The van der Waals surface area contributed by atoms with Crippen LogP contribution in [0.4, 0.5) is 13.2 Å². The molecular formula is C17H24F3N. The number of hydrogen-bond acceptors (Lipinski definition) is 1. The van der Waals surface area contributed by atoms with Gasteiger partial charge in [0.05, 0.1) is 5.56 Å². The third-order valence-corrected chi connectivity index (χ3v) is 4.72. The summed E-state index contributed by atoms with van der Waals surface area (Å²) in [6.07, 6.45) is 0.687. The van der Waals surface area contributed by atoms with E-state index in [1.54, 1.807) is 6.07 Å². The van der Waals surface area contributed by atoms with Crippen LogP contribution in [0.1, 0.15) is 50.7 Å². The van der Waals surface area contributed by atoms with Crippen molar-refractivity contribution in [1.82, 2.24) is 0 Å². The standard InChI is InChI=1S/C17H24F3N/c1-16(2)8-6-13(7-9-16)15(21)11-12-4-3-5-14(10-12)17(18,19)20/h3-5,10,13,15H,6-9,11,21H2,1-2H3. The highest BCUT2D eigenvalue weighted by Crippen LogP contribution is 2.39. The van der Waals surface area contributed by atoms with Gasteiger partial charge in [-0.3, -0.25) is 0 Å². The predicted molar refractivity (Wildman–Crippen MR) is 78.9 cm³/mol. The van der Waals surface area contributed by atoms with Gasteiger partial charge in [-0.1, -0.05) is 32.0 Å². The fourth-order valence-electron chi connectivity index (χ4n) is 3.16. The molecule has 1 aliphatic carbocycles. The smallest absolute Gasteiger partial charge is 0.327 e. The van der Waals surface area contributed by atoms with Gasteiger partial charge in [-0.2, -0.15) is 13.2 Å². The van der Waals surface area contributed by atoms with Crippen LogP contribution in [0, 0.1) is 11.3 Å². The summed E-state index contributed by atoms with van der Waals surface area (Å²) in [6, 6.07) is 5.49. The Morgan fingerprint density at radius 3 is 2.43 bits per heavy atom. The van der Waals surface area contributed by atoms with Crippen LogP contribution >= 0.6 is 0 Å². The van der Waals surface area contributed by atoms with E-state index in [0.29, 0.717) is 23.3 Å². The average molecular weight is 299 g/mol. The second-order valence-electron chi connectivity index (χ2n) is 7.07. The lowest BCUT2D eigenvalue weighted by atomic mass is 9.70. The van der Waals surface area contributed by atoms with Gasteiger partial charge in [0.15, 0.2) is 0 Å². The van der Waals surface area contributed by atoms with Crippen LogP contribution in [0.2, 0.25) is 0 Å². The van der Waals surface area contributed by atoms with E-state index in [1.165, 1.54) is 12.1 Å². The lowest BCUT2D eigenvalue weighted by molar-refractivity contribution is -0.137. The molecule has 0 amide bonds. The topological polar surface area (TPSA) is 26.0 Å². The van der Waals surface area contributed by atoms with E-state index in [9.17, 15) is 13.2 Å².